The number of halogens is 2. The van der Waals surface area contributed by atoms with Gasteiger partial charge in [-0.1, -0.05) is 13.8 Å². The molecule has 4 N–H and O–H groups in total. The van der Waals surface area contributed by atoms with Crippen LogP contribution < -0.4 is 10.6 Å². The van der Waals surface area contributed by atoms with Crippen molar-refractivity contribution in [2.45, 2.75) is 57.2 Å². The molecule has 172 valence electrons. The van der Waals surface area contributed by atoms with Gasteiger partial charge in [-0.05, 0) is 44.0 Å². The number of anilines is 1. The number of carbonyl (C=O) groups is 2. The summed E-state index contributed by atoms with van der Waals surface area (Å²) >= 11 is 0. The fraction of sp³-hybridized carbons (Fsp3) is 0.435. The Morgan fingerprint density at radius 1 is 1.28 bits per heavy atom. The summed E-state index contributed by atoms with van der Waals surface area (Å²) in [4.78, 5) is 28.8. The molecule has 0 radical (unpaired) electrons. The number of aliphatic hydroxyl groups is 1. The van der Waals surface area contributed by atoms with Gasteiger partial charge in [-0.15, -0.1) is 0 Å². The summed E-state index contributed by atoms with van der Waals surface area (Å²) in [7, 11) is 0. The van der Waals surface area contributed by atoms with Gasteiger partial charge in [0.1, 0.15) is 23.4 Å². The predicted molar refractivity (Wildman–Crippen MR) is 115 cm³/mol. The van der Waals surface area contributed by atoms with E-state index in [-0.39, 0.29) is 41.3 Å². The molecule has 9 heteroatoms. The topological polar surface area (TPSA) is 112 Å². The zero-order valence-corrected chi connectivity index (χ0v) is 18.2. The molecule has 0 aliphatic heterocycles. The minimum absolute atomic E-state index is 0.0166. The van der Waals surface area contributed by atoms with Crippen LogP contribution in [0.1, 0.15) is 55.2 Å². The fourth-order valence-electron chi connectivity index (χ4n) is 3.43. The summed E-state index contributed by atoms with van der Waals surface area (Å²) < 4.78 is 28.2. The van der Waals surface area contributed by atoms with Gasteiger partial charge in [0.15, 0.2) is 0 Å². The van der Waals surface area contributed by atoms with Crippen LogP contribution in [0.3, 0.4) is 0 Å². The molecule has 32 heavy (non-hydrogen) atoms. The molecule has 1 atom stereocenters. The second kappa shape index (κ2) is 8.82. The van der Waals surface area contributed by atoms with Crippen LogP contribution in [0, 0.1) is 5.82 Å². The Balaban J connectivity index is 1.69. The molecule has 0 bridgehead atoms. The van der Waals surface area contributed by atoms with E-state index in [1.807, 2.05) is 0 Å². The van der Waals surface area contributed by atoms with Crippen LogP contribution in [-0.4, -0.2) is 45.3 Å². The van der Waals surface area contributed by atoms with Crippen molar-refractivity contribution < 1.29 is 28.6 Å². The quantitative estimate of drug-likeness (QED) is 0.497. The highest BCUT2D eigenvalue weighted by atomic mass is 19.1. The Morgan fingerprint density at radius 2 is 1.97 bits per heavy atom. The highest BCUT2D eigenvalue weighted by Crippen LogP contribution is 2.40. The summed E-state index contributed by atoms with van der Waals surface area (Å²) in [6, 6.07) is 5.11. The minimum atomic E-state index is -1.19. The van der Waals surface area contributed by atoms with E-state index in [9.17, 15) is 28.6 Å². The van der Waals surface area contributed by atoms with Crippen LogP contribution in [0.2, 0.25) is 0 Å². The Morgan fingerprint density at radius 3 is 2.56 bits per heavy atom. The number of rotatable bonds is 8. The van der Waals surface area contributed by atoms with E-state index in [1.165, 1.54) is 31.3 Å². The SMILES string of the molecule is CC(F)C1(NC(=O)c2cc(NC(=O)Cc3cc(O)c(C(C)(C)CO)cc3F)ccn2)CC1. The Kier molecular flexibility index (Phi) is 6.50. The third-order valence-electron chi connectivity index (χ3n) is 5.83. The van der Waals surface area contributed by atoms with Crippen molar-refractivity contribution in [2.75, 3.05) is 11.9 Å². The number of nitrogens with zero attached hydrogens (tertiary/aromatic N) is 1. The lowest BCUT2D eigenvalue weighted by Gasteiger charge is -2.24. The lowest BCUT2D eigenvalue weighted by molar-refractivity contribution is -0.115. The van der Waals surface area contributed by atoms with Gasteiger partial charge in [0.2, 0.25) is 5.91 Å². The number of aliphatic hydroxyl groups excluding tert-OH is 1. The van der Waals surface area contributed by atoms with Crippen LogP contribution in [-0.2, 0) is 16.6 Å². The van der Waals surface area contributed by atoms with Crippen molar-refractivity contribution in [1.29, 1.82) is 0 Å². The van der Waals surface area contributed by atoms with Gasteiger partial charge in [0.05, 0.1) is 18.6 Å². The Bertz CT molecular complexity index is 1040. The van der Waals surface area contributed by atoms with E-state index in [0.29, 0.717) is 12.8 Å². The van der Waals surface area contributed by atoms with E-state index >= 15 is 0 Å². The summed E-state index contributed by atoms with van der Waals surface area (Å²) in [6.45, 7) is 4.42. The second-order valence-corrected chi connectivity index (χ2v) is 8.88. The maximum Gasteiger partial charge on any atom is 0.270 e. The van der Waals surface area contributed by atoms with Crippen molar-refractivity contribution in [1.82, 2.24) is 10.3 Å². The maximum absolute atomic E-state index is 14.5. The number of aromatic hydroxyl groups is 1. The molecule has 1 saturated carbocycles. The van der Waals surface area contributed by atoms with Crippen molar-refractivity contribution in [2.24, 2.45) is 0 Å². The van der Waals surface area contributed by atoms with Crippen molar-refractivity contribution in [3.63, 3.8) is 0 Å². The molecule has 1 aliphatic carbocycles. The zero-order chi connectivity index (χ0) is 23.7. The first-order chi connectivity index (χ1) is 15.0. The number of hydrogen-bond donors (Lipinski definition) is 4. The molecule has 0 spiro atoms. The van der Waals surface area contributed by atoms with E-state index in [1.54, 1.807) is 13.8 Å². The number of hydrogen-bond acceptors (Lipinski definition) is 5. The van der Waals surface area contributed by atoms with Crippen LogP contribution in [0.4, 0.5) is 14.5 Å². The average molecular weight is 447 g/mol. The first-order valence-corrected chi connectivity index (χ1v) is 10.3. The molecule has 1 heterocycles. The smallest absolute Gasteiger partial charge is 0.270 e. The van der Waals surface area contributed by atoms with Crippen molar-refractivity contribution in [3.05, 3.63) is 53.1 Å². The van der Waals surface area contributed by atoms with Gasteiger partial charge in [0, 0.05) is 28.4 Å². The van der Waals surface area contributed by atoms with Gasteiger partial charge >= 0.3 is 0 Å². The number of nitrogens with one attached hydrogen (secondary N) is 2. The van der Waals surface area contributed by atoms with Gasteiger partial charge < -0.3 is 20.8 Å². The Hall–Kier alpha value is -3.07. The number of amides is 2. The van der Waals surface area contributed by atoms with Crippen LogP contribution in [0.5, 0.6) is 5.75 Å². The number of benzene rings is 1. The third kappa shape index (κ3) is 5.04. The fourth-order valence-corrected chi connectivity index (χ4v) is 3.43. The predicted octanol–water partition coefficient (Wildman–Crippen LogP) is 3.00. The molecule has 1 fully saturated rings. The molecule has 0 saturated heterocycles. The summed E-state index contributed by atoms with van der Waals surface area (Å²) in [5.41, 5.74) is -1.18. The van der Waals surface area contributed by atoms with E-state index in [4.69, 9.17) is 0 Å². The Labute approximate surface area is 184 Å². The molecule has 1 unspecified atom stereocenters. The molecular formula is C23H27F2N3O4. The third-order valence-corrected chi connectivity index (χ3v) is 5.83. The van der Waals surface area contributed by atoms with Crippen molar-refractivity contribution in [3.8, 4) is 5.75 Å². The number of phenolic OH excluding ortho intramolecular Hbond substituents is 1. The number of phenols is 1. The van der Waals surface area contributed by atoms with Crippen LogP contribution >= 0.6 is 0 Å². The maximum atomic E-state index is 14.5. The lowest BCUT2D eigenvalue weighted by Crippen LogP contribution is -2.43. The molecule has 1 aliphatic rings. The minimum Gasteiger partial charge on any atom is -0.508 e. The molecule has 1 aromatic carbocycles. The zero-order valence-electron chi connectivity index (χ0n) is 18.2. The average Bonchev–Trinajstić information content (AvgIpc) is 3.51. The normalized spacial score (nSPS) is 15.7. The highest BCUT2D eigenvalue weighted by Gasteiger charge is 2.49. The van der Waals surface area contributed by atoms with E-state index < -0.39 is 34.8 Å². The first kappa shape index (κ1) is 23.6. The van der Waals surface area contributed by atoms with E-state index in [0.717, 1.165) is 6.07 Å². The van der Waals surface area contributed by atoms with E-state index in [2.05, 4.69) is 15.6 Å². The first-order valence-electron chi connectivity index (χ1n) is 10.3. The highest BCUT2D eigenvalue weighted by molar-refractivity contribution is 5.96. The number of aromatic nitrogens is 1. The monoisotopic (exact) mass is 447 g/mol. The number of alkyl halides is 1. The van der Waals surface area contributed by atoms with Gasteiger partial charge in [-0.25, -0.2) is 8.78 Å². The molecule has 2 amide bonds. The van der Waals surface area contributed by atoms with Gasteiger partial charge in [0.25, 0.3) is 5.91 Å². The van der Waals surface area contributed by atoms with Gasteiger partial charge in [-0.3, -0.25) is 14.6 Å². The lowest BCUT2D eigenvalue weighted by atomic mass is 9.84. The molecular weight excluding hydrogens is 420 g/mol. The summed E-state index contributed by atoms with van der Waals surface area (Å²) in [5.74, 6) is -2.00. The number of carbonyl (C=O) groups excluding carboxylic acids is 2. The van der Waals surface area contributed by atoms with Crippen LogP contribution in [0.15, 0.2) is 30.5 Å². The van der Waals surface area contributed by atoms with Gasteiger partial charge in [-0.2, -0.15) is 0 Å². The van der Waals surface area contributed by atoms with Crippen molar-refractivity contribution >= 4 is 17.5 Å². The molecule has 3 rings (SSSR count). The summed E-state index contributed by atoms with van der Waals surface area (Å²) in [6.07, 6.45) is 0.904. The second-order valence-electron chi connectivity index (χ2n) is 8.88. The molecule has 2 aromatic rings. The largest absolute Gasteiger partial charge is 0.508 e. The standard InChI is InChI=1S/C23H27F2N3O4/c1-13(24)23(5-6-23)28-21(32)18-10-15(4-7-26-18)27-20(31)9-14-8-19(30)16(11-17(14)25)22(2,3)12-29/h4,7-8,10-11,13,29-30H,5-6,9,12H2,1-3H3,(H,28,32)(H,26,27,31). The molecule has 1 aromatic heterocycles. The van der Waals surface area contributed by atoms with Crippen LogP contribution in [0.25, 0.3) is 0 Å². The molecule has 7 nitrogen and oxygen atoms in total. The summed E-state index contributed by atoms with van der Waals surface area (Å²) in [5, 5.41) is 24.9. The number of pyridine rings is 1.